The van der Waals surface area contributed by atoms with Crippen molar-refractivity contribution in [2.45, 2.75) is 50.5 Å². The molecule has 9 heteroatoms. The average molecular weight is 335 g/mol. The number of ether oxygens (including phenoxy) is 1. The Balaban J connectivity index is 1.83. The van der Waals surface area contributed by atoms with Gasteiger partial charge in [-0.2, -0.15) is 13.2 Å². The zero-order valence-electron chi connectivity index (χ0n) is 12.2. The molecule has 2 fully saturated rings. The summed E-state index contributed by atoms with van der Waals surface area (Å²) >= 11 is 0.954. The number of hydrogen-bond donors (Lipinski definition) is 0. The van der Waals surface area contributed by atoms with E-state index in [0.717, 1.165) is 24.4 Å². The lowest BCUT2D eigenvalue weighted by Gasteiger charge is -2.43. The number of rotatable bonds is 2. The van der Waals surface area contributed by atoms with Gasteiger partial charge in [-0.3, -0.25) is 4.79 Å². The molecule has 2 aliphatic rings. The summed E-state index contributed by atoms with van der Waals surface area (Å²) < 4.78 is 47.9. The molecule has 2 heterocycles. The predicted molar refractivity (Wildman–Crippen MR) is 72.8 cm³/mol. The lowest BCUT2D eigenvalue weighted by Crippen LogP contribution is -2.58. The third-order valence-electron chi connectivity index (χ3n) is 3.74. The Hall–Kier alpha value is -1.22. The molecule has 1 amide bonds. The SMILES string of the molecule is CC1(C)CN(C(=O)c2snnc2C2CC2)CC(C(F)(F)F)O1. The van der Waals surface area contributed by atoms with Gasteiger partial charge in [0.25, 0.3) is 5.91 Å². The second kappa shape index (κ2) is 5.16. The maximum Gasteiger partial charge on any atom is 0.416 e. The molecule has 0 aromatic carbocycles. The number of carbonyl (C=O) groups excluding carboxylic acids is 1. The molecule has 1 aromatic heterocycles. The normalized spacial score (nSPS) is 25.3. The van der Waals surface area contributed by atoms with Crippen molar-refractivity contribution in [1.29, 1.82) is 0 Å². The van der Waals surface area contributed by atoms with Crippen LogP contribution in [0.15, 0.2) is 0 Å². The zero-order chi connectivity index (χ0) is 16.1. The topological polar surface area (TPSA) is 55.3 Å². The molecular formula is C13H16F3N3O2S. The van der Waals surface area contributed by atoms with E-state index >= 15 is 0 Å². The van der Waals surface area contributed by atoms with E-state index in [0.29, 0.717) is 10.6 Å². The van der Waals surface area contributed by atoms with Gasteiger partial charge in [0.15, 0.2) is 6.10 Å². The Labute approximate surface area is 129 Å². The van der Waals surface area contributed by atoms with Gasteiger partial charge in [0.05, 0.1) is 17.8 Å². The first kappa shape index (κ1) is 15.7. The van der Waals surface area contributed by atoms with E-state index in [2.05, 4.69) is 9.59 Å². The predicted octanol–water partition coefficient (Wildman–Crippen LogP) is 2.60. The van der Waals surface area contributed by atoms with Crippen LogP contribution in [0.25, 0.3) is 0 Å². The van der Waals surface area contributed by atoms with Crippen molar-refractivity contribution in [2.24, 2.45) is 0 Å². The van der Waals surface area contributed by atoms with E-state index in [4.69, 9.17) is 4.74 Å². The summed E-state index contributed by atoms with van der Waals surface area (Å²) in [5.41, 5.74) is -0.422. The number of hydrogen-bond acceptors (Lipinski definition) is 5. The Morgan fingerprint density at radius 1 is 1.41 bits per heavy atom. The molecule has 0 radical (unpaired) electrons. The van der Waals surface area contributed by atoms with Crippen LogP contribution in [0.3, 0.4) is 0 Å². The standard InChI is InChI=1S/C13H16F3N3O2S/c1-12(2)6-19(5-8(21-12)13(14,15)16)11(20)10-9(7-3-4-7)17-18-22-10/h7-8H,3-6H2,1-2H3. The maximum atomic E-state index is 13.0. The zero-order valence-corrected chi connectivity index (χ0v) is 13.0. The van der Waals surface area contributed by atoms with Crippen molar-refractivity contribution in [3.05, 3.63) is 10.6 Å². The summed E-state index contributed by atoms with van der Waals surface area (Å²) in [6, 6.07) is 0. The highest BCUT2D eigenvalue weighted by Crippen LogP contribution is 2.42. The number of aromatic nitrogens is 2. The van der Waals surface area contributed by atoms with Crippen LogP contribution in [0.2, 0.25) is 0 Å². The molecule has 3 rings (SSSR count). The molecule has 22 heavy (non-hydrogen) atoms. The fraction of sp³-hybridized carbons (Fsp3) is 0.769. The van der Waals surface area contributed by atoms with Crippen LogP contribution in [0, 0.1) is 0 Å². The second-order valence-corrected chi connectivity index (χ2v) is 7.11. The third-order valence-corrected chi connectivity index (χ3v) is 4.47. The van der Waals surface area contributed by atoms with E-state index in [1.165, 1.54) is 4.90 Å². The number of halogens is 3. The summed E-state index contributed by atoms with van der Waals surface area (Å²) in [6.07, 6.45) is -4.57. The minimum absolute atomic E-state index is 0.112. The number of amides is 1. The van der Waals surface area contributed by atoms with Crippen LogP contribution < -0.4 is 0 Å². The smallest absolute Gasteiger partial charge is 0.359 e. The number of carbonyl (C=O) groups is 1. The molecule has 122 valence electrons. The largest absolute Gasteiger partial charge is 0.416 e. The quantitative estimate of drug-likeness (QED) is 0.834. The van der Waals surface area contributed by atoms with E-state index in [1.54, 1.807) is 13.8 Å². The molecule has 1 atom stereocenters. The fourth-order valence-electron chi connectivity index (χ4n) is 2.62. The first-order valence-corrected chi connectivity index (χ1v) is 7.81. The van der Waals surface area contributed by atoms with Crippen LogP contribution in [0.5, 0.6) is 0 Å². The minimum Gasteiger partial charge on any atom is -0.359 e. The Kier molecular flexibility index (Phi) is 3.67. The van der Waals surface area contributed by atoms with Gasteiger partial charge in [0.2, 0.25) is 0 Å². The second-order valence-electron chi connectivity index (χ2n) is 6.36. The molecule has 1 saturated carbocycles. The molecule has 1 aliphatic heterocycles. The lowest BCUT2D eigenvalue weighted by molar-refractivity contribution is -0.267. The average Bonchev–Trinajstić information content (AvgIpc) is 3.12. The first-order chi connectivity index (χ1) is 10.2. The van der Waals surface area contributed by atoms with Gasteiger partial charge >= 0.3 is 6.18 Å². The number of nitrogens with zero attached hydrogens (tertiary/aromatic N) is 3. The molecule has 5 nitrogen and oxygen atoms in total. The molecule has 1 unspecified atom stereocenters. The van der Waals surface area contributed by atoms with Crippen LogP contribution in [-0.4, -0.2) is 51.4 Å². The Bertz CT molecular complexity index is 583. The van der Waals surface area contributed by atoms with Crippen molar-refractivity contribution >= 4 is 17.4 Å². The summed E-state index contributed by atoms with van der Waals surface area (Å²) in [4.78, 5) is 14.2. The number of alkyl halides is 3. The molecule has 1 saturated heterocycles. The van der Waals surface area contributed by atoms with Crippen molar-refractivity contribution in [3.8, 4) is 0 Å². The Morgan fingerprint density at radius 2 is 2.09 bits per heavy atom. The molecule has 1 aliphatic carbocycles. The maximum absolute atomic E-state index is 13.0. The lowest BCUT2D eigenvalue weighted by atomic mass is 10.0. The molecule has 0 bridgehead atoms. The molecular weight excluding hydrogens is 319 g/mol. The third kappa shape index (κ3) is 3.10. The van der Waals surface area contributed by atoms with Gasteiger partial charge in [-0.1, -0.05) is 4.49 Å². The van der Waals surface area contributed by atoms with Gasteiger partial charge < -0.3 is 9.64 Å². The summed E-state index contributed by atoms with van der Waals surface area (Å²) in [6.45, 7) is 2.73. The van der Waals surface area contributed by atoms with Gasteiger partial charge in [-0.05, 0) is 38.2 Å². The van der Waals surface area contributed by atoms with Crippen LogP contribution >= 0.6 is 11.5 Å². The van der Waals surface area contributed by atoms with E-state index in [-0.39, 0.29) is 12.5 Å². The van der Waals surface area contributed by atoms with Crippen LogP contribution in [0.4, 0.5) is 13.2 Å². The number of morpholine rings is 1. The van der Waals surface area contributed by atoms with E-state index in [1.807, 2.05) is 0 Å². The van der Waals surface area contributed by atoms with Crippen molar-refractivity contribution in [2.75, 3.05) is 13.1 Å². The van der Waals surface area contributed by atoms with Crippen molar-refractivity contribution < 1.29 is 22.7 Å². The Morgan fingerprint density at radius 3 is 2.68 bits per heavy atom. The van der Waals surface area contributed by atoms with Crippen molar-refractivity contribution in [3.63, 3.8) is 0 Å². The minimum atomic E-state index is -4.50. The summed E-state index contributed by atoms with van der Waals surface area (Å²) in [7, 11) is 0. The fourth-order valence-corrected chi connectivity index (χ4v) is 3.34. The van der Waals surface area contributed by atoms with E-state index in [9.17, 15) is 18.0 Å². The highest BCUT2D eigenvalue weighted by Gasteiger charge is 2.49. The van der Waals surface area contributed by atoms with Gasteiger partial charge in [-0.25, -0.2) is 0 Å². The summed E-state index contributed by atoms with van der Waals surface area (Å²) in [5, 5.41) is 3.97. The van der Waals surface area contributed by atoms with Crippen LogP contribution in [-0.2, 0) is 4.74 Å². The molecule has 0 spiro atoms. The summed E-state index contributed by atoms with van der Waals surface area (Å²) in [5.74, 6) is -0.201. The molecule has 1 aromatic rings. The monoisotopic (exact) mass is 335 g/mol. The molecule has 0 N–H and O–H groups in total. The van der Waals surface area contributed by atoms with Gasteiger partial charge in [-0.15, -0.1) is 5.10 Å². The highest BCUT2D eigenvalue weighted by molar-refractivity contribution is 7.08. The van der Waals surface area contributed by atoms with Crippen LogP contribution in [0.1, 0.15) is 48.0 Å². The highest BCUT2D eigenvalue weighted by atomic mass is 32.1. The first-order valence-electron chi connectivity index (χ1n) is 7.03. The van der Waals surface area contributed by atoms with Crippen molar-refractivity contribution in [1.82, 2.24) is 14.5 Å². The van der Waals surface area contributed by atoms with Gasteiger partial charge in [0.1, 0.15) is 4.88 Å². The van der Waals surface area contributed by atoms with E-state index < -0.39 is 30.3 Å². The van der Waals surface area contributed by atoms with Gasteiger partial charge in [0, 0.05) is 12.5 Å².